The molecule has 25 heavy (non-hydrogen) atoms. The highest BCUT2D eigenvalue weighted by atomic mass is 32.1. The number of methoxy groups -OCH3 is 1. The fourth-order valence-electron chi connectivity index (χ4n) is 3.09. The predicted octanol–water partition coefficient (Wildman–Crippen LogP) is 1.91. The lowest BCUT2D eigenvalue weighted by molar-refractivity contribution is 0.0536. The molecule has 1 aliphatic rings. The maximum atomic E-state index is 5.68. The van der Waals surface area contributed by atoms with Crippen LogP contribution in [0.1, 0.15) is 17.3 Å². The summed E-state index contributed by atoms with van der Waals surface area (Å²) >= 11 is 1.80. The summed E-state index contributed by atoms with van der Waals surface area (Å²) in [4.78, 5) is 10.4. The van der Waals surface area contributed by atoms with Crippen LogP contribution in [0.2, 0.25) is 0 Å². The number of nitrogens with one attached hydrogen (secondary N) is 1. The summed E-state index contributed by atoms with van der Waals surface area (Å²) in [5.41, 5.74) is 0. The van der Waals surface area contributed by atoms with Gasteiger partial charge in [0.25, 0.3) is 0 Å². The quantitative estimate of drug-likeness (QED) is 0.410. The molecule has 6 nitrogen and oxygen atoms in total. The summed E-state index contributed by atoms with van der Waals surface area (Å²) in [6, 6.07) is 4.66. The number of likely N-dealkylation sites (tertiary alicyclic amines) is 1. The van der Waals surface area contributed by atoms with Crippen LogP contribution in [0, 0.1) is 5.92 Å². The highest BCUT2D eigenvalue weighted by Crippen LogP contribution is 2.23. The average Bonchev–Trinajstić information content (AvgIpc) is 3.27. The first-order chi connectivity index (χ1) is 12.2. The SMILES string of the molecule is CN=C(NCC(c1cccs1)N(C)C)N1CCC(COCCOC)C1. The summed E-state index contributed by atoms with van der Waals surface area (Å²) in [6.07, 6.45) is 1.15. The maximum Gasteiger partial charge on any atom is 0.193 e. The van der Waals surface area contributed by atoms with Crippen molar-refractivity contribution < 1.29 is 9.47 Å². The van der Waals surface area contributed by atoms with E-state index < -0.39 is 0 Å². The van der Waals surface area contributed by atoms with Crippen LogP contribution < -0.4 is 5.32 Å². The fraction of sp³-hybridized carbons (Fsp3) is 0.722. The van der Waals surface area contributed by atoms with E-state index in [1.54, 1.807) is 18.4 Å². The molecule has 2 heterocycles. The summed E-state index contributed by atoms with van der Waals surface area (Å²) in [5, 5.41) is 5.69. The second-order valence-electron chi connectivity index (χ2n) is 6.59. The third-order valence-electron chi connectivity index (χ3n) is 4.53. The fourth-order valence-corrected chi connectivity index (χ4v) is 4.01. The number of hydrogen-bond donors (Lipinski definition) is 1. The zero-order chi connectivity index (χ0) is 18.1. The zero-order valence-corrected chi connectivity index (χ0v) is 16.7. The van der Waals surface area contributed by atoms with Gasteiger partial charge in [-0.2, -0.15) is 0 Å². The van der Waals surface area contributed by atoms with E-state index in [1.807, 2.05) is 7.05 Å². The standard InChI is InChI=1S/C18H32N4O2S/c1-19-18(20-12-16(21(2)3)17-6-5-11-25-17)22-8-7-15(13-22)14-24-10-9-23-4/h5-6,11,15-16H,7-10,12-14H2,1-4H3,(H,19,20). The first kappa shape index (κ1) is 20.2. The van der Waals surface area contributed by atoms with Gasteiger partial charge in [0, 0.05) is 44.6 Å². The minimum Gasteiger partial charge on any atom is -0.382 e. The van der Waals surface area contributed by atoms with Gasteiger partial charge in [-0.3, -0.25) is 4.99 Å². The predicted molar refractivity (Wildman–Crippen MR) is 104 cm³/mol. The molecule has 0 radical (unpaired) electrons. The van der Waals surface area contributed by atoms with Crippen LogP contribution in [0.4, 0.5) is 0 Å². The minimum atomic E-state index is 0.354. The van der Waals surface area contributed by atoms with Gasteiger partial charge in [0.05, 0.1) is 25.9 Å². The Morgan fingerprint density at radius 1 is 1.48 bits per heavy atom. The monoisotopic (exact) mass is 368 g/mol. The van der Waals surface area contributed by atoms with Gasteiger partial charge in [-0.15, -0.1) is 11.3 Å². The lowest BCUT2D eigenvalue weighted by Crippen LogP contribution is -2.43. The van der Waals surface area contributed by atoms with E-state index in [4.69, 9.17) is 9.47 Å². The molecule has 0 amide bonds. The van der Waals surface area contributed by atoms with Gasteiger partial charge in [0.1, 0.15) is 0 Å². The molecule has 2 rings (SSSR count). The molecule has 1 N–H and O–H groups in total. The van der Waals surface area contributed by atoms with Crippen molar-refractivity contribution in [2.24, 2.45) is 10.9 Å². The van der Waals surface area contributed by atoms with Gasteiger partial charge in [-0.1, -0.05) is 6.07 Å². The van der Waals surface area contributed by atoms with Crippen LogP contribution in [0.25, 0.3) is 0 Å². The molecule has 1 fully saturated rings. The van der Waals surface area contributed by atoms with Crippen molar-refractivity contribution in [1.29, 1.82) is 0 Å². The summed E-state index contributed by atoms with van der Waals surface area (Å²) in [5.74, 6) is 1.56. The van der Waals surface area contributed by atoms with Gasteiger partial charge in [0.15, 0.2) is 5.96 Å². The van der Waals surface area contributed by atoms with Crippen LogP contribution in [0.3, 0.4) is 0 Å². The number of guanidine groups is 1. The van der Waals surface area contributed by atoms with E-state index in [9.17, 15) is 0 Å². The van der Waals surface area contributed by atoms with Crippen molar-refractivity contribution >= 4 is 17.3 Å². The molecule has 2 atom stereocenters. The molecule has 0 aliphatic carbocycles. The van der Waals surface area contributed by atoms with E-state index >= 15 is 0 Å². The van der Waals surface area contributed by atoms with Gasteiger partial charge in [-0.25, -0.2) is 0 Å². The van der Waals surface area contributed by atoms with Crippen LogP contribution in [0.5, 0.6) is 0 Å². The van der Waals surface area contributed by atoms with Crippen molar-refractivity contribution in [2.45, 2.75) is 12.5 Å². The van der Waals surface area contributed by atoms with Crippen LogP contribution in [0.15, 0.2) is 22.5 Å². The summed E-state index contributed by atoms with van der Waals surface area (Å²) < 4.78 is 10.7. The van der Waals surface area contributed by atoms with E-state index in [1.165, 1.54) is 4.88 Å². The highest BCUT2D eigenvalue weighted by Gasteiger charge is 2.25. The largest absolute Gasteiger partial charge is 0.382 e. The molecular formula is C18H32N4O2S. The Morgan fingerprint density at radius 3 is 2.96 bits per heavy atom. The molecule has 0 spiro atoms. The minimum absolute atomic E-state index is 0.354. The normalized spacial score (nSPS) is 19.6. The number of rotatable bonds is 9. The number of thiophene rings is 1. The summed E-state index contributed by atoms with van der Waals surface area (Å²) in [7, 11) is 7.81. The Labute approximate surface area is 155 Å². The second kappa shape index (κ2) is 10.8. The lowest BCUT2D eigenvalue weighted by atomic mass is 10.1. The first-order valence-corrected chi connectivity index (χ1v) is 9.75. The highest BCUT2D eigenvalue weighted by molar-refractivity contribution is 7.10. The van der Waals surface area contributed by atoms with Crippen LogP contribution >= 0.6 is 11.3 Å². The Hall–Kier alpha value is -1.15. The Kier molecular flexibility index (Phi) is 8.67. The summed E-state index contributed by atoms with van der Waals surface area (Å²) in [6.45, 7) is 5.01. The van der Waals surface area contributed by atoms with Crippen LogP contribution in [-0.2, 0) is 9.47 Å². The third-order valence-corrected chi connectivity index (χ3v) is 5.50. The van der Waals surface area contributed by atoms with E-state index in [-0.39, 0.29) is 0 Å². The first-order valence-electron chi connectivity index (χ1n) is 8.87. The van der Waals surface area contributed by atoms with Gasteiger partial charge in [-0.05, 0) is 32.0 Å². The number of likely N-dealkylation sites (N-methyl/N-ethyl adjacent to an activating group) is 1. The van der Waals surface area contributed by atoms with Crippen molar-refractivity contribution in [1.82, 2.24) is 15.1 Å². The van der Waals surface area contributed by atoms with E-state index in [0.29, 0.717) is 25.2 Å². The Balaban J connectivity index is 1.80. The van der Waals surface area contributed by atoms with Crippen molar-refractivity contribution in [3.05, 3.63) is 22.4 Å². The number of nitrogens with zero attached hydrogens (tertiary/aromatic N) is 3. The molecule has 1 aromatic rings. The molecule has 0 aromatic carbocycles. The average molecular weight is 369 g/mol. The molecule has 1 saturated heterocycles. The van der Waals surface area contributed by atoms with Crippen LogP contribution in [-0.4, -0.2) is 83.5 Å². The number of aliphatic imine (C=N–C) groups is 1. The molecule has 0 bridgehead atoms. The molecule has 1 aromatic heterocycles. The third kappa shape index (κ3) is 6.26. The number of hydrogen-bond acceptors (Lipinski definition) is 5. The van der Waals surface area contributed by atoms with E-state index in [0.717, 1.165) is 38.6 Å². The smallest absolute Gasteiger partial charge is 0.193 e. The topological polar surface area (TPSA) is 49.3 Å². The molecule has 1 aliphatic heterocycles. The molecule has 7 heteroatoms. The van der Waals surface area contributed by atoms with Gasteiger partial charge < -0.3 is 24.6 Å². The second-order valence-corrected chi connectivity index (χ2v) is 7.57. The van der Waals surface area contributed by atoms with E-state index in [2.05, 4.69) is 51.7 Å². The lowest BCUT2D eigenvalue weighted by Gasteiger charge is -2.27. The zero-order valence-electron chi connectivity index (χ0n) is 15.9. The number of ether oxygens (including phenoxy) is 2. The molecule has 2 unspecified atom stereocenters. The van der Waals surface area contributed by atoms with Crippen molar-refractivity contribution in [2.75, 3.05) is 67.7 Å². The maximum absolute atomic E-state index is 5.68. The molecule has 0 saturated carbocycles. The molecule has 142 valence electrons. The van der Waals surface area contributed by atoms with Gasteiger partial charge in [0.2, 0.25) is 0 Å². The molecular weight excluding hydrogens is 336 g/mol. The van der Waals surface area contributed by atoms with Gasteiger partial charge >= 0.3 is 0 Å². The Bertz CT molecular complexity index is 507. The Morgan fingerprint density at radius 2 is 2.32 bits per heavy atom. The van der Waals surface area contributed by atoms with Crippen molar-refractivity contribution in [3.8, 4) is 0 Å². The van der Waals surface area contributed by atoms with Crippen molar-refractivity contribution in [3.63, 3.8) is 0 Å².